The van der Waals surface area contributed by atoms with Crippen molar-refractivity contribution in [3.8, 4) is 50.8 Å². The van der Waals surface area contributed by atoms with Crippen molar-refractivity contribution >= 4 is 46.4 Å². The fraction of sp³-hybridized carbons (Fsp3) is 0.279. The zero-order valence-electron chi connectivity index (χ0n) is 52.4. The first-order chi connectivity index (χ1) is 46.2. The summed E-state index contributed by atoms with van der Waals surface area (Å²) in [5.74, 6) is 3.88. The maximum absolute atomic E-state index is 14.6. The number of fused-ring (bicyclic) bond motifs is 6. The van der Waals surface area contributed by atoms with Crippen LogP contribution in [0.4, 0.5) is 42.7 Å². The van der Waals surface area contributed by atoms with Gasteiger partial charge in [0, 0.05) is 166 Å². The quantitative estimate of drug-likeness (QED) is 0.0860. The lowest BCUT2D eigenvalue weighted by Crippen LogP contribution is -2.18. The van der Waals surface area contributed by atoms with Gasteiger partial charge in [-0.3, -0.25) is 27.4 Å². The Hall–Kier alpha value is -11.6. The SMILES string of the molecule is Cc1cn2c(NCc3c(F)ccc4c3CCO4)ncc(-c3cnn(CC4CCOC4)c3)c2n1.[C-]#[N+]c1cn2c(NCc3c(F)ccc4c3C(C)CO4)ncc(-c3cc(C)nn3C)c2n1.[C-]#[N+]c1cn2c(NCc3c(F)ccc4c3CCO4)ncc(-c3cccn(C)c3=O)c2n1. The van der Waals surface area contributed by atoms with E-state index in [4.69, 9.17) is 37.1 Å². The number of nitrogens with zero attached hydrogens (tertiary/aromatic N) is 16. The molecule has 12 aromatic rings. The lowest BCUT2D eigenvalue weighted by Gasteiger charge is -2.13. The molecule has 3 aromatic carbocycles. The Balaban J connectivity index is 0.000000123. The number of ether oxygens (including phenoxy) is 4. The number of nitrogens with one attached hydrogen (secondary N) is 3. The fourth-order valence-corrected chi connectivity index (χ4v) is 12.6. The van der Waals surface area contributed by atoms with Crippen molar-refractivity contribution in [1.82, 2.24) is 67.2 Å². The van der Waals surface area contributed by atoms with Crippen LogP contribution in [0.1, 0.15) is 64.0 Å². The van der Waals surface area contributed by atoms with E-state index in [0.29, 0.717) is 108 Å². The summed E-state index contributed by atoms with van der Waals surface area (Å²) in [7, 11) is 3.52. The van der Waals surface area contributed by atoms with E-state index in [-0.39, 0.29) is 53.7 Å². The number of pyridine rings is 1. The fourth-order valence-electron chi connectivity index (χ4n) is 12.6. The molecule has 16 rings (SSSR count). The van der Waals surface area contributed by atoms with E-state index in [0.717, 1.165) is 93.8 Å². The molecule has 2 atom stereocenters. The zero-order valence-corrected chi connectivity index (χ0v) is 52.4. The second kappa shape index (κ2) is 25.5. The van der Waals surface area contributed by atoms with Gasteiger partial charge in [0.2, 0.25) is 29.1 Å². The molecule has 4 aliphatic rings. The van der Waals surface area contributed by atoms with Gasteiger partial charge in [0.25, 0.3) is 17.2 Å². The molecule has 0 spiro atoms. The van der Waals surface area contributed by atoms with Crippen molar-refractivity contribution in [2.24, 2.45) is 20.0 Å². The Bertz CT molecular complexity index is 5120. The van der Waals surface area contributed by atoms with E-state index >= 15 is 0 Å². The van der Waals surface area contributed by atoms with E-state index in [9.17, 15) is 18.0 Å². The van der Waals surface area contributed by atoms with Crippen molar-refractivity contribution in [2.75, 3.05) is 49.0 Å². The van der Waals surface area contributed by atoms with Gasteiger partial charge in [-0.15, -0.1) is 0 Å². The van der Waals surface area contributed by atoms with E-state index in [1.807, 2.05) is 61.6 Å². The molecule has 24 nitrogen and oxygen atoms in total. The highest BCUT2D eigenvalue weighted by Crippen LogP contribution is 2.39. The van der Waals surface area contributed by atoms with Gasteiger partial charge in [0.1, 0.15) is 40.3 Å². The zero-order chi connectivity index (χ0) is 65.6. The van der Waals surface area contributed by atoms with Crippen LogP contribution >= 0.6 is 0 Å². The van der Waals surface area contributed by atoms with Crippen LogP contribution in [0.3, 0.4) is 0 Å². The van der Waals surface area contributed by atoms with Crippen LogP contribution in [0.5, 0.6) is 17.2 Å². The van der Waals surface area contributed by atoms with Crippen molar-refractivity contribution < 1.29 is 32.1 Å². The molecule has 1 saturated heterocycles. The second-order valence-corrected chi connectivity index (χ2v) is 23.6. The Morgan fingerprint density at radius 1 is 0.621 bits per heavy atom. The molecule has 9 aromatic heterocycles. The number of benzene rings is 3. The second-order valence-electron chi connectivity index (χ2n) is 23.6. The number of halogens is 3. The molecule has 0 amide bonds. The van der Waals surface area contributed by atoms with E-state index in [1.54, 1.807) is 88.0 Å². The van der Waals surface area contributed by atoms with Crippen LogP contribution in [0, 0.1) is 50.4 Å². The third-order valence-electron chi connectivity index (χ3n) is 17.3. The average molecular weight is 1280 g/mol. The van der Waals surface area contributed by atoms with Gasteiger partial charge < -0.3 is 49.2 Å². The summed E-state index contributed by atoms with van der Waals surface area (Å²) in [6, 6.07) is 14.7. The standard InChI is InChI=1S/C24H25FN6O2.C22H20FN7O.C22H17FN6O2/c1-15-11-31-23(29-15)19(17-8-28-30(13-17)12-16-4-6-32-14-16)9-26-24(31)27-10-20-18-5-7-33-22(18)3-2-21(20)25;1-12-11-31-18-6-5-16(23)14(20(12)18)8-25-22-26-9-15(17-7-13(2)28-29(17)4)21-27-19(24-3)10-30(21)22;1-24-19-12-29-20(27-19)16(14-4-3-8-28(2)21(14)30)11-26-22(29)25-10-15-13-7-9-31-18(13)6-5-17(15)23/h2-3,8-9,11,13,16H,4-7,10,12,14H2,1H3,(H,26,27);5-7,9-10,12H,8,11H2,1-2,4H3,(H,25,26);3-6,8,11-12H,7,9-10H2,2H3,(H,25,26). The third kappa shape index (κ3) is 11.8. The number of rotatable bonds is 14. The highest BCUT2D eigenvalue weighted by molar-refractivity contribution is 5.80. The van der Waals surface area contributed by atoms with Crippen LogP contribution in [-0.2, 0) is 57.9 Å². The lowest BCUT2D eigenvalue weighted by molar-refractivity contribution is 0.181. The molecule has 0 radical (unpaired) electrons. The molecule has 2 unspecified atom stereocenters. The summed E-state index contributed by atoms with van der Waals surface area (Å²) in [6.45, 7) is 25.4. The molecule has 27 heteroatoms. The van der Waals surface area contributed by atoms with Crippen LogP contribution in [0.25, 0.3) is 60.1 Å². The molecular weight excluding hydrogens is 1220 g/mol. The van der Waals surface area contributed by atoms with Crippen LogP contribution in [0.15, 0.2) is 115 Å². The number of hydrogen-bond donors (Lipinski definition) is 3. The van der Waals surface area contributed by atoms with E-state index in [1.165, 1.54) is 22.8 Å². The van der Waals surface area contributed by atoms with Gasteiger partial charge in [-0.05, 0) is 74.9 Å². The highest BCUT2D eigenvalue weighted by atomic mass is 19.1. The van der Waals surface area contributed by atoms with Crippen LogP contribution in [0.2, 0.25) is 0 Å². The Kier molecular flexibility index (Phi) is 16.4. The number of aromatic nitrogens is 14. The molecule has 13 heterocycles. The molecule has 95 heavy (non-hydrogen) atoms. The largest absolute Gasteiger partial charge is 0.493 e. The van der Waals surface area contributed by atoms with E-state index in [2.05, 4.69) is 60.8 Å². The van der Waals surface area contributed by atoms with Crippen molar-refractivity contribution in [2.45, 2.75) is 72.1 Å². The van der Waals surface area contributed by atoms with Gasteiger partial charge in [-0.2, -0.15) is 10.2 Å². The molecule has 480 valence electrons. The van der Waals surface area contributed by atoms with Crippen molar-refractivity contribution in [3.63, 3.8) is 0 Å². The first-order valence-electron chi connectivity index (χ1n) is 30.8. The highest BCUT2D eigenvalue weighted by Gasteiger charge is 2.28. The number of aryl methyl sites for hydroxylation is 4. The van der Waals surface area contributed by atoms with Gasteiger partial charge in [-0.1, -0.05) is 30.0 Å². The molecule has 0 aliphatic carbocycles. The van der Waals surface area contributed by atoms with Gasteiger partial charge in [-0.25, -0.2) is 33.1 Å². The minimum Gasteiger partial charge on any atom is -0.493 e. The summed E-state index contributed by atoms with van der Waals surface area (Å²) >= 11 is 0. The Morgan fingerprint density at radius 3 is 1.79 bits per heavy atom. The van der Waals surface area contributed by atoms with Crippen molar-refractivity contribution in [3.05, 3.63) is 206 Å². The van der Waals surface area contributed by atoms with Crippen LogP contribution in [-0.4, -0.2) is 100 Å². The molecule has 4 aliphatic heterocycles. The summed E-state index contributed by atoms with van der Waals surface area (Å²) in [6.07, 6.45) is 18.1. The molecule has 0 bridgehead atoms. The monoisotopic (exact) mass is 1280 g/mol. The normalized spacial score (nSPS) is 15.0. The molecule has 0 saturated carbocycles. The summed E-state index contributed by atoms with van der Waals surface area (Å²) in [4.78, 5) is 46.7. The summed E-state index contributed by atoms with van der Waals surface area (Å²) < 4.78 is 76.4. The number of anilines is 3. The maximum Gasteiger partial charge on any atom is 0.288 e. The number of hydrogen-bond acceptors (Lipinski definition) is 16. The third-order valence-corrected chi connectivity index (χ3v) is 17.3. The smallest absolute Gasteiger partial charge is 0.288 e. The van der Waals surface area contributed by atoms with E-state index < -0.39 is 0 Å². The summed E-state index contributed by atoms with van der Waals surface area (Å²) in [5.41, 5.74) is 12.2. The summed E-state index contributed by atoms with van der Waals surface area (Å²) in [5, 5.41) is 18.6. The van der Waals surface area contributed by atoms with Gasteiger partial charge in [0.15, 0.2) is 0 Å². The first-order valence-corrected chi connectivity index (χ1v) is 30.8. The van der Waals surface area contributed by atoms with Gasteiger partial charge in [0.05, 0.1) is 66.4 Å². The maximum atomic E-state index is 14.6. The predicted molar refractivity (Wildman–Crippen MR) is 347 cm³/mol. The van der Waals surface area contributed by atoms with Crippen LogP contribution < -0.4 is 35.7 Å². The first kappa shape index (κ1) is 61.0. The topological polar surface area (TPSA) is 230 Å². The Labute approximate surface area is 541 Å². The lowest BCUT2D eigenvalue weighted by atomic mass is 9.97. The van der Waals surface area contributed by atoms with Gasteiger partial charge >= 0.3 is 0 Å². The number of imidazole rings is 3. The average Bonchev–Trinajstić information content (AvgIpc) is 1.69. The minimum absolute atomic E-state index is 0.118. The molecule has 3 N–H and O–H groups in total. The van der Waals surface area contributed by atoms with Crippen molar-refractivity contribution in [1.29, 1.82) is 0 Å². The Morgan fingerprint density at radius 2 is 1.19 bits per heavy atom. The predicted octanol–water partition coefficient (Wildman–Crippen LogP) is 11.2. The molecule has 1 fully saturated rings. The molecular formula is C68H62F3N19O5. The minimum atomic E-state index is -0.315.